The quantitative estimate of drug-likeness (QED) is 0.542. The highest BCUT2D eigenvalue weighted by Crippen LogP contribution is 2.26. The molecule has 4 nitrogen and oxygen atoms in total. The molecule has 1 unspecified atom stereocenters. The van der Waals surface area contributed by atoms with Gasteiger partial charge in [0, 0.05) is 0 Å². The van der Waals surface area contributed by atoms with E-state index >= 15 is 0 Å². The van der Waals surface area contributed by atoms with Gasteiger partial charge in [0.05, 0.1) is 26.1 Å². The lowest BCUT2D eigenvalue weighted by atomic mass is 9.88. The first-order valence-electron chi connectivity index (χ1n) is 5.58. The second-order valence-corrected chi connectivity index (χ2v) is 3.84. The zero-order valence-corrected chi connectivity index (χ0v) is 9.82. The van der Waals surface area contributed by atoms with Crippen LogP contribution < -0.4 is 0 Å². The molecule has 16 heavy (non-hydrogen) atoms. The lowest BCUT2D eigenvalue weighted by Gasteiger charge is -2.19. The molecule has 0 aromatic carbocycles. The second-order valence-electron chi connectivity index (χ2n) is 3.84. The predicted octanol–water partition coefficient (Wildman–Crippen LogP) is 1.84. The van der Waals surface area contributed by atoms with Crippen LogP contribution in [0.3, 0.4) is 0 Å². The van der Waals surface area contributed by atoms with E-state index in [1.165, 1.54) is 7.11 Å². The first kappa shape index (κ1) is 12.7. The fraction of sp³-hybridized carbons (Fsp3) is 0.667. The number of rotatable bonds is 4. The average Bonchev–Trinajstić information content (AvgIpc) is 2.30. The van der Waals surface area contributed by atoms with Crippen molar-refractivity contribution in [2.75, 3.05) is 13.7 Å². The normalized spacial score (nSPS) is 19.9. The summed E-state index contributed by atoms with van der Waals surface area (Å²) in [5, 5.41) is 0. The van der Waals surface area contributed by atoms with E-state index in [4.69, 9.17) is 4.74 Å². The molecule has 0 aromatic rings. The van der Waals surface area contributed by atoms with Gasteiger partial charge in [0.25, 0.3) is 0 Å². The molecule has 0 aliphatic heterocycles. The minimum absolute atomic E-state index is 0.0404. The van der Waals surface area contributed by atoms with Gasteiger partial charge in [-0.3, -0.25) is 9.59 Å². The van der Waals surface area contributed by atoms with Crippen LogP contribution in [0.4, 0.5) is 0 Å². The Balaban J connectivity index is 2.42. The fourth-order valence-corrected chi connectivity index (χ4v) is 1.78. The van der Waals surface area contributed by atoms with E-state index in [9.17, 15) is 9.59 Å². The summed E-state index contributed by atoms with van der Waals surface area (Å²) >= 11 is 0. The Morgan fingerprint density at radius 3 is 2.75 bits per heavy atom. The molecule has 0 saturated carbocycles. The highest BCUT2D eigenvalue weighted by molar-refractivity contribution is 5.74. The summed E-state index contributed by atoms with van der Waals surface area (Å²) in [6.45, 7) is 2.23. The van der Waals surface area contributed by atoms with Gasteiger partial charge >= 0.3 is 11.9 Å². The second kappa shape index (κ2) is 6.30. The van der Waals surface area contributed by atoms with E-state index in [1.54, 1.807) is 6.92 Å². The van der Waals surface area contributed by atoms with Crippen molar-refractivity contribution in [3.05, 3.63) is 11.6 Å². The largest absolute Gasteiger partial charge is 0.469 e. The number of hydrogen-bond donors (Lipinski definition) is 0. The number of methoxy groups -OCH3 is 1. The number of carbonyl (C=O) groups excluding carboxylic acids is 2. The van der Waals surface area contributed by atoms with Crippen LogP contribution in [-0.2, 0) is 19.1 Å². The highest BCUT2D eigenvalue weighted by atomic mass is 16.5. The van der Waals surface area contributed by atoms with Gasteiger partial charge in [0.2, 0.25) is 0 Å². The van der Waals surface area contributed by atoms with Crippen molar-refractivity contribution in [3.63, 3.8) is 0 Å². The predicted molar refractivity (Wildman–Crippen MR) is 58.7 cm³/mol. The topological polar surface area (TPSA) is 52.6 Å². The van der Waals surface area contributed by atoms with Crippen molar-refractivity contribution in [1.29, 1.82) is 0 Å². The maximum Gasteiger partial charge on any atom is 0.309 e. The lowest BCUT2D eigenvalue weighted by Crippen LogP contribution is -2.20. The van der Waals surface area contributed by atoms with Gasteiger partial charge < -0.3 is 9.47 Å². The molecule has 0 aromatic heterocycles. The van der Waals surface area contributed by atoms with E-state index in [0.29, 0.717) is 19.4 Å². The number of carbonyl (C=O) groups is 2. The molecule has 0 spiro atoms. The zero-order valence-electron chi connectivity index (χ0n) is 9.82. The van der Waals surface area contributed by atoms with Crippen LogP contribution in [-0.4, -0.2) is 25.7 Å². The van der Waals surface area contributed by atoms with Crippen LogP contribution in [0.5, 0.6) is 0 Å². The Bertz CT molecular complexity index is 293. The molecule has 0 saturated heterocycles. The minimum Gasteiger partial charge on any atom is -0.469 e. The number of allylic oxidation sites excluding steroid dienone is 1. The third kappa shape index (κ3) is 3.68. The molecule has 0 bridgehead atoms. The van der Waals surface area contributed by atoms with E-state index in [-0.39, 0.29) is 17.9 Å². The number of hydrogen-bond acceptors (Lipinski definition) is 4. The van der Waals surface area contributed by atoms with Gasteiger partial charge in [0.1, 0.15) is 0 Å². The summed E-state index contributed by atoms with van der Waals surface area (Å²) in [6.07, 6.45) is 4.51. The molecule has 0 fully saturated rings. The Kier molecular flexibility index (Phi) is 5.02. The SMILES string of the molecule is CCOC(=O)C1CC=C(CC(=O)OC)CC1. The molecule has 0 heterocycles. The molecule has 0 N–H and O–H groups in total. The molecule has 1 atom stereocenters. The third-order valence-corrected chi connectivity index (χ3v) is 2.72. The Labute approximate surface area is 95.6 Å². The summed E-state index contributed by atoms with van der Waals surface area (Å²) in [7, 11) is 1.38. The molecule has 90 valence electrons. The van der Waals surface area contributed by atoms with Crippen LogP contribution >= 0.6 is 0 Å². The smallest absolute Gasteiger partial charge is 0.309 e. The van der Waals surface area contributed by atoms with Gasteiger partial charge in [-0.1, -0.05) is 11.6 Å². The van der Waals surface area contributed by atoms with Crippen molar-refractivity contribution in [1.82, 2.24) is 0 Å². The van der Waals surface area contributed by atoms with Gasteiger partial charge in [0.15, 0.2) is 0 Å². The monoisotopic (exact) mass is 226 g/mol. The molecule has 4 heteroatoms. The Hall–Kier alpha value is -1.32. The summed E-state index contributed by atoms with van der Waals surface area (Å²) < 4.78 is 9.55. The molecule has 0 amide bonds. The summed E-state index contributed by atoms with van der Waals surface area (Å²) in [4.78, 5) is 22.5. The molecule has 0 radical (unpaired) electrons. The molecule has 1 rings (SSSR count). The molecular weight excluding hydrogens is 208 g/mol. The Morgan fingerprint density at radius 2 is 2.25 bits per heavy atom. The van der Waals surface area contributed by atoms with Crippen molar-refractivity contribution in [2.24, 2.45) is 5.92 Å². The lowest BCUT2D eigenvalue weighted by molar-refractivity contribution is -0.148. The maximum atomic E-state index is 11.4. The Morgan fingerprint density at radius 1 is 1.50 bits per heavy atom. The molecular formula is C12H18O4. The van der Waals surface area contributed by atoms with Crippen LogP contribution in [0, 0.1) is 5.92 Å². The first-order valence-corrected chi connectivity index (χ1v) is 5.58. The summed E-state index contributed by atoms with van der Waals surface area (Å²) in [6, 6.07) is 0. The molecule has 1 aliphatic carbocycles. The average molecular weight is 226 g/mol. The van der Waals surface area contributed by atoms with Crippen molar-refractivity contribution < 1.29 is 19.1 Å². The minimum atomic E-state index is -0.221. The first-order chi connectivity index (χ1) is 7.67. The zero-order chi connectivity index (χ0) is 12.0. The van der Waals surface area contributed by atoms with Gasteiger partial charge in [-0.2, -0.15) is 0 Å². The van der Waals surface area contributed by atoms with Crippen LogP contribution in [0.1, 0.15) is 32.6 Å². The van der Waals surface area contributed by atoms with E-state index in [0.717, 1.165) is 18.4 Å². The fourth-order valence-electron chi connectivity index (χ4n) is 1.78. The van der Waals surface area contributed by atoms with Crippen LogP contribution in [0.15, 0.2) is 11.6 Å². The summed E-state index contributed by atoms with van der Waals surface area (Å²) in [5.74, 6) is -0.391. The third-order valence-electron chi connectivity index (χ3n) is 2.72. The van der Waals surface area contributed by atoms with Crippen molar-refractivity contribution >= 4 is 11.9 Å². The van der Waals surface area contributed by atoms with Gasteiger partial charge in [-0.15, -0.1) is 0 Å². The van der Waals surface area contributed by atoms with Gasteiger partial charge in [-0.25, -0.2) is 0 Å². The molecule has 1 aliphatic rings. The van der Waals surface area contributed by atoms with E-state index in [1.807, 2.05) is 6.08 Å². The van der Waals surface area contributed by atoms with E-state index < -0.39 is 0 Å². The van der Waals surface area contributed by atoms with Crippen LogP contribution in [0.2, 0.25) is 0 Å². The van der Waals surface area contributed by atoms with Crippen molar-refractivity contribution in [2.45, 2.75) is 32.6 Å². The summed E-state index contributed by atoms with van der Waals surface area (Å²) in [5.41, 5.74) is 1.06. The van der Waals surface area contributed by atoms with Crippen LogP contribution in [0.25, 0.3) is 0 Å². The number of esters is 2. The van der Waals surface area contributed by atoms with Crippen molar-refractivity contribution in [3.8, 4) is 0 Å². The standard InChI is InChI=1S/C12H18O4/c1-3-16-12(14)10-6-4-9(5-7-10)8-11(13)15-2/h4,10H,3,5-8H2,1-2H3. The highest BCUT2D eigenvalue weighted by Gasteiger charge is 2.23. The number of ether oxygens (including phenoxy) is 2. The van der Waals surface area contributed by atoms with E-state index in [2.05, 4.69) is 4.74 Å². The maximum absolute atomic E-state index is 11.4. The van der Waals surface area contributed by atoms with Gasteiger partial charge in [-0.05, 0) is 26.2 Å².